The first kappa shape index (κ1) is 13.1. The van der Waals surface area contributed by atoms with Crippen LogP contribution in [0.5, 0.6) is 0 Å². The zero-order valence-corrected chi connectivity index (χ0v) is 13.5. The van der Waals surface area contributed by atoms with Crippen molar-refractivity contribution >= 4 is 27.3 Å². The van der Waals surface area contributed by atoms with E-state index in [1.165, 1.54) is 34.4 Å². The summed E-state index contributed by atoms with van der Waals surface area (Å²) in [5, 5.41) is 0. The highest BCUT2D eigenvalue weighted by atomic mass is 79.9. The third-order valence-electron chi connectivity index (χ3n) is 4.39. The molecule has 0 saturated heterocycles. The molecule has 0 bridgehead atoms. The fourth-order valence-electron chi connectivity index (χ4n) is 3.26. The van der Waals surface area contributed by atoms with Gasteiger partial charge in [0.1, 0.15) is 12.0 Å². The second kappa shape index (κ2) is 4.99. The number of nitrogens with zero attached hydrogens (tertiary/aromatic N) is 1. The Morgan fingerprint density at radius 1 is 1.29 bits per heavy atom. The van der Waals surface area contributed by atoms with Gasteiger partial charge in [0.15, 0.2) is 0 Å². The first-order valence-electron chi connectivity index (χ1n) is 7.34. The van der Waals surface area contributed by atoms with Gasteiger partial charge in [-0.2, -0.15) is 0 Å². The normalized spacial score (nSPS) is 20.4. The molecule has 1 aromatic carbocycles. The zero-order valence-electron chi connectivity index (χ0n) is 11.9. The number of hydrogen-bond donors (Lipinski definition) is 0. The Balaban J connectivity index is 1.91. The predicted octanol–water partition coefficient (Wildman–Crippen LogP) is 5.68. The third kappa shape index (κ3) is 2.11. The van der Waals surface area contributed by atoms with Gasteiger partial charge in [0.05, 0.1) is 6.26 Å². The molecule has 0 fully saturated rings. The van der Waals surface area contributed by atoms with Crippen LogP contribution in [-0.2, 0) is 0 Å². The molecule has 2 aromatic rings. The molecule has 0 amide bonds. The van der Waals surface area contributed by atoms with Crippen molar-refractivity contribution < 1.29 is 4.42 Å². The van der Waals surface area contributed by atoms with Gasteiger partial charge in [-0.1, -0.05) is 34.1 Å². The minimum absolute atomic E-state index is 0.253. The molecule has 2 nitrogen and oxygen atoms in total. The number of furan rings is 1. The summed E-state index contributed by atoms with van der Waals surface area (Å²) in [5.41, 5.74) is 7.33. The fourth-order valence-corrected chi connectivity index (χ4v) is 3.66. The van der Waals surface area contributed by atoms with Gasteiger partial charge < -0.3 is 4.42 Å². The molecule has 0 spiro atoms. The second-order valence-corrected chi connectivity index (χ2v) is 6.62. The molecule has 2 heterocycles. The number of rotatable bonds is 1. The van der Waals surface area contributed by atoms with E-state index in [1.807, 2.05) is 6.26 Å². The van der Waals surface area contributed by atoms with Crippen molar-refractivity contribution in [2.45, 2.75) is 32.1 Å². The maximum Gasteiger partial charge on any atom is 0.116 e. The van der Waals surface area contributed by atoms with E-state index in [-0.39, 0.29) is 5.92 Å². The van der Waals surface area contributed by atoms with E-state index < -0.39 is 0 Å². The lowest BCUT2D eigenvalue weighted by molar-refractivity contribution is 0.564. The Morgan fingerprint density at radius 3 is 3.05 bits per heavy atom. The van der Waals surface area contributed by atoms with E-state index in [1.54, 1.807) is 6.26 Å². The van der Waals surface area contributed by atoms with Gasteiger partial charge >= 0.3 is 0 Å². The molecular formula is C18H16BrNO. The average molecular weight is 342 g/mol. The SMILES string of the molecule is Cc1ccc([C@H]2C3=CCCCC3=Nc3cocc32)cc1Br. The number of aliphatic imine (C=N–C) groups is 1. The van der Waals surface area contributed by atoms with Gasteiger partial charge in [0.25, 0.3) is 0 Å². The molecule has 0 radical (unpaired) electrons. The highest BCUT2D eigenvalue weighted by Crippen LogP contribution is 2.45. The van der Waals surface area contributed by atoms with Crippen LogP contribution in [0, 0.1) is 6.92 Å². The molecule has 0 N–H and O–H groups in total. The summed E-state index contributed by atoms with van der Waals surface area (Å²) < 4.78 is 6.59. The molecule has 1 aromatic heterocycles. The van der Waals surface area contributed by atoms with Gasteiger partial charge in [-0.05, 0) is 49.0 Å². The van der Waals surface area contributed by atoms with Crippen LogP contribution in [-0.4, -0.2) is 5.71 Å². The Morgan fingerprint density at radius 2 is 2.19 bits per heavy atom. The summed E-state index contributed by atoms with van der Waals surface area (Å²) in [6.45, 7) is 2.12. The summed E-state index contributed by atoms with van der Waals surface area (Å²) in [4.78, 5) is 4.79. The number of fused-ring (bicyclic) bond motifs is 2. The monoisotopic (exact) mass is 341 g/mol. The molecule has 0 unspecified atom stereocenters. The van der Waals surface area contributed by atoms with Crippen LogP contribution in [0.2, 0.25) is 0 Å². The van der Waals surface area contributed by atoms with Crippen molar-refractivity contribution in [2.75, 3.05) is 0 Å². The molecule has 106 valence electrons. The molecule has 21 heavy (non-hydrogen) atoms. The Hall–Kier alpha value is -1.61. The van der Waals surface area contributed by atoms with Gasteiger partial charge in [0, 0.05) is 21.7 Å². The van der Waals surface area contributed by atoms with Crippen LogP contribution in [0.1, 0.15) is 41.9 Å². The number of aryl methyl sites for hydroxylation is 1. The number of benzene rings is 1. The van der Waals surface area contributed by atoms with Crippen LogP contribution in [0.3, 0.4) is 0 Å². The van der Waals surface area contributed by atoms with E-state index in [9.17, 15) is 0 Å². The summed E-state index contributed by atoms with van der Waals surface area (Å²) in [7, 11) is 0. The molecule has 3 heteroatoms. The van der Waals surface area contributed by atoms with E-state index in [2.05, 4.69) is 47.1 Å². The summed E-state index contributed by atoms with van der Waals surface area (Å²) in [6.07, 6.45) is 9.38. The van der Waals surface area contributed by atoms with Crippen LogP contribution in [0.4, 0.5) is 5.69 Å². The third-order valence-corrected chi connectivity index (χ3v) is 5.25. The van der Waals surface area contributed by atoms with Crippen LogP contribution in [0.15, 0.2) is 56.3 Å². The highest BCUT2D eigenvalue weighted by Gasteiger charge is 2.31. The van der Waals surface area contributed by atoms with Gasteiger partial charge in [-0.3, -0.25) is 0 Å². The van der Waals surface area contributed by atoms with Crippen molar-refractivity contribution in [2.24, 2.45) is 4.99 Å². The second-order valence-electron chi connectivity index (χ2n) is 5.76. The van der Waals surface area contributed by atoms with Crippen molar-refractivity contribution in [1.82, 2.24) is 0 Å². The summed E-state index contributed by atoms with van der Waals surface area (Å²) in [6, 6.07) is 6.63. The van der Waals surface area contributed by atoms with E-state index in [0.717, 1.165) is 23.0 Å². The van der Waals surface area contributed by atoms with Crippen molar-refractivity contribution in [3.63, 3.8) is 0 Å². The van der Waals surface area contributed by atoms with Crippen molar-refractivity contribution in [3.8, 4) is 0 Å². The summed E-state index contributed by atoms with van der Waals surface area (Å²) >= 11 is 3.66. The number of hydrogen-bond acceptors (Lipinski definition) is 2. The largest absolute Gasteiger partial charge is 0.470 e. The van der Waals surface area contributed by atoms with Crippen LogP contribution in [0.25, 0.3) is 0 Å². The molecule has 1 aliphatic heterocycles. The maximum absolute atomic E-state index is 5.43. The minimum Gasteiger partial charge on any atom is -0.470 e. The molecule has 2 aliphatic rings. The fraction of sp³-hybridized carbons (Fsp3) is 0.278. The Labute approximate surface area is 132 Å². The first-order chi connectivity index (χ1) is 10.2. The minimum atomic E-state index is 0.253. The highest BCUT2D eigenvalue weighted by molar-refractivity contribution is 9.10. The van der Waals surface area contributed by atoms with Crippen LogP contribution >= 0.6 is 15.9 Å². The molecule has 1 atom stereocenters. The maximum atomic E-state index is 5.43. The average Bonchev–Trinajstić information content (AvgIpc) is 2.95. The smallest absolute Gasteiger partial charge is 0.116 e. The van der Waals surface area contributed by atoms with Crippen molar-refractivity contribution in [1.29, 1.82) is 0 Å². The van der Waals surface area contributed by atoms with E-state index >= 15 is 0 Å². The Bertz CT molecular complexity index is 769. The summed E-state index contributed by atoms with van der Waals surface area (Å²) in [5.74, 6) is 0.253. The Kier molecular flexibility index (Phi) is 3.11. The van der Waals surface area contributed by atoms with Gasteiger partial charge in [-0.25, -0.2) is 4.99 Å². The number of halogens is 1. The predicted molar refractivity (Wildman–Crippen MR) is 88.5 cm³/mol. The van der Waals surface area contributed by atoms with Gasteiger partial charge in [-0.15, -0.1) is 0 Å². The number of allylic oxidation sites excluding steroid dienone is 2. The lowest BCUT2D eigenvalue weighted by Crippen LogP contribution is -2.19. The van der Waals surface area contributed by atoms with E-state index in [0.29, 0.717) is 0 Å². The molecule has 4 rings (SSSR count). The molecule has 1 aliphatic carbocycles. The molecular weight excluding hydrogens is 326 g/mol. The lowest BCUT2D eigenvalue weighted by atomic mass is 9.78. The topological polar surface area (TPSA) is 25.5 Å². The molecule has 0 saturated carbocycles. The van der Waals surface area contributed by atoms with Crippen LogP contribution < -0.4 is 0 Å². The van der Waals surface area contributed by atoms with E-state index in [4.69, 9.17) is 9.41 Å². The first-order valence-corrected chi connectivity index (χ1v) is 8.13. The zero-order chi connectivity index (χ0) is 14.4. The lowest BCUT2D eigenvalue weighted by Gasteiger charge is -2.28. The quantitative estimate of drug-likeness (QED) is 0.655. The standard InChI is InChI=1S/C18H16BrNO/c1-11-6-7-12(8-15(11)19)18-13-4-2-3-5-16(13)20-17-10-21-9-14(17)18/h4,6-10,18H,2-3,5H2,1H3/t18-/m0/s1. The van der Waals surface area contributed by atoms with Gasteiger partial charge in [0.2, 0.25) is 0 Å². The van der Waals surface area contributed by atoms with Crippen molar-refractivity contribution in [3.05, 3.63) is 63.5 Å².